The number of nitrogens with zero attached hydrogens (tertiary/aromatic N) is 2. The fourth-order valence-corrected chi connectivity index (χ4v) is 5.00. The molecule has 2 amide bonds. The van der Waals surface area contributed by atoms with Crippen molar-refractivity contribution in [3.05, 3.63) is 40.9 Å². The number of aromatic nitrogens is 1. The number of nitrogens with one attached hydrogen (secondary N) is 2. The van der Waals surface area contributed by atoms with E-state index < -0.39 is 5.41 Å². The van der Waals surface area contributed by atoms with Crippen LogP contribution in [-0.4, -0.2) is 41.3 Å². The zero-order valence-electron chi connectivity index (χ0n) is 14.9. The third-order valence-electron chi connectivity index (χ3n) is 5.51. The molecule has 1 aromatic carbocycles. The van der Waals surface area contributed by atoms with E-state index in [0.717, 1.165) is 29.2 Å². The summed E-state index contributed by atoms with van der Waals surface area (Å²) in [5.41, 5.74) is 1.69. The fourth-order valence-electron chi connectivity index (χ4n) is 4.35. The molecule has 2 atom stereocenters. The van der Waals surface area contributed by atoms with E-state index in [4.69, 9.17) is 0 Å². The van der Waals surface area contributed by atoms with E-state index in [2.05, 4.69) is 22.5 Å². The van der Waals surface area contributed by atoms with Gasteiger partial charge in [-0.25, -0.2) is 4.98 Å². The summed E-state index contributed by atoms with van der Waals surface area (Å²) in [6.07, 6.45) is 2.34. The van der Waals surface area contributed by atoms with Crippen molar-refractivity contribution in [3.8, 4) is 0 Å². The van der Waals surface area contributed by atoms with Gasteiger partial charge < -0.3 is 15.5 Å². The van der Waals surface area contributed by atoms with E-state index in [9.17, 15) is 9.59 Å². The minimum absolute atomic E-state index is 0.0154. The number of para-hydroxylation sites is 1. The largest absolute Gasteiger partial charge is 0.365 e. The van der Waals surface area contributed by atoms with E-state index in [0.29, 0.717) is 18.7 Å². The van der Waals surface area contributed by atoms with Crippen LogP contribution in [0.4, 0.5) is 10.8 Å². The number of anilines is 2. The first-order chi connectivity index (χ1) is 12.6. The fraction of sp³-hybridized carbons (Fsp3) is 0.421. The summed E-state index contributed by atoms with van der Waals surface area (Å²) in [5, 5.41) is 8.50. The second kappa shape index (κ2) is 6.39. The Hall–Kier alpha value is -2.41. The number of carbonyl (C=O) groups excluding carboxylic acids is 2. The number of hydrogen-bond acceptors (Lipinski definition) is 5. The lowest BCUT2D eigenvalue weighted by molar-refractivity contribution is -0.121. The van der Waals surface area contributed by atoms with Gasteiger partial charge in [0.25, 0.3) is 5.91 Å². The van der Waals surface area contributed by atoms with E-state index in [-0.39, 0.29) is 17.9 Å². The number of amides is 2. The predicted molar refractivity (Wildman–Crippen MR) is 103 cm³/mol. The zero-order valence-corrected chi connectivity index (χ0v) is 15.7. The molecular weight excluding hydrogens is 348 g/mol. The van der Waals surface area contributed by atoms with Gasteiger partial charge in [-0.2, -0.15) is 0 Å². The van der Waals surface area contributed by atoms with Crippen LogP contribution in [0.15, 0.2) is 29.6 Å². The summed E-state index contributed by atoms with van der Waals surface area (Å²) in [6, 6.07) is 7.71. The minimum Gasteiger partial charge on any atom is -0.365 e. The Bertz CT molecular complexity index is 865. The average molecular weight is 370 g/mol. The lowest BCUT2D eigenvalue weighted by atomic mass is 9.73. The van der Waals surface area contributed by atoms with Gasteiger partial charge in [-0.3, -0.25) is 9.59 Å². The summed E-state index contributed by atoms with van der Waals surface area (Å²) in [5.74, 6) is -0.0723. The minimum atomic E-state index is -0.649. The highest BCUT2D eigenvalue weighted by molar-refractivity contribution is 7.13. The summed E-state index contributed by atoms with van der Waals surface area (Å²) in [4.78, 5) is 32.4. The van der Waals surface area contributed by atoms with Crippen LogP contribution in [0.2, 0.25) is 0 Å². The number of benzene rings is 1. The third-order valence-corrected chi connectivity index (χ3v) is 6.37. The summed E-state index contributed by atoms with van der Waals surface area (Å²) in [6.45, 7) is 2.66. The molecule has 1 spiro atoms. The van der Waals surface area contributed by atoms with Crippen molar-refractivity contribution in [2.24, 2.45) is 0 Å². The van der Waals surface area contributed by atoms with Crippen LogP contribution in [0, 0.1) is 0 Å². The second-order valence-corrected chi connectivity index (χ2v) is 7.67. The molecule has 1 aromatic heterocycles. The van der Waals surface area contributed by atoms with E-state index in [1.165, 1.54) is 11.3 Å². The van der Waals surface area contributed by atoms with Crippen LogP contribution in [0.1, 0.15) is 42.2 Å². The number of thiazole rings is 1. The van der Waals surface area contributed by atoms with Crippen LogP contribution in [0.5, 0.6) is 0 Å². The summed E-state index contributed by atoms with van der Waals surface area (Å²) in [7, 11) is 1.79. The van der Waals surface area contributed by atoms with Crippen molar-refractivity contribution in [1.82, 2.24) is 9.88 Å². The van der Waals surface area contributed by atoms with Crippen molar-refractivity contribution in [2.45, 2.75) is 37.6 Å². The topological polar surface area (TPSA) is 74.3 Å². The Morgan fingerprint density at radius 2 is 2.27 bits per heavy atom. The number of rotatable bonds is 4. The van der Waals surface area contributed by atoms with Crippen LogP contribution in [0.3, 0.4) is 0 Å². The Labute approximate surface area is 156 Å². The lowest BCUT2D eigenvalue weighted by Crippen LogP contribution is -2.48. The van der Waals surface area contributed by atoms with Gasteiger partial charge in [-0.05, 0) is 24.5 Å². The summed E-state index contributed by atoms with van der Waals surface area (Å²) < 4.78 is 0. The second-order valence-electron chi connectivity index (χ2n) is 6.81. The molecule has 2 aromatic rings. The molecule has 1 fully saturated rings. The van der Waals surface area contributed by atoms with Crippen molar-refractivity contribution in [2.75, 3.05) is 24.2 Å². The highest BCUT2D eigenvalue weighted by Crippen LogP contribution is 2.49. The van der Waals surface area contributed by atoms with E-state index >= 15 is 0 Å². The van der Waals surface area contributed by atoms with Crippen LogP contribution < -0.4 is 10.6 Å². The molecule has 0 bridgehead atoms. The molecule has 1 saturated heterocycles. The third kappa shape index (κ3) is 2.34. The monoisotopic (exact) mass is 370 g/mol. The van der Waals surface area contributed by atoms with Crippen molar-refractivity contribution < 1.29 is 9.59 Å². The molecule has 7 heteroatoms. The van der Waals surface area contributed by atoms with Gasteiger partial charge in [0.1, 0.15) is 5.69 Å². The Kier molecular flexibility index (Phi) is 4.19. The average Bonchev–Trinajstić information content (AvgIpc) is 3.34. The zero-order chi connectivity index (χ0) is 18.3. The Balaban J connectivity index is 1.73. The maximum atomic E-state index is 13.1. The van der Waals surface area contributed by atoms with Gasteiger partial charge in [-0.15, -0.1) is 11.3 Å². The summed E-state index contributed by atoms with van der Waals surface area (Å²) >= 11 is 1.42. The molecule has 26 heavy (non-hydrogen) atoms. The highest BCUT2D eigenvalue weighted by Gasteiger charge is 2.58. The molecule has 136 valence electrons. The van der Waals surface area contributed by atoms with Crippen molar-refractivity contribution >= 4 is 34.0 Å². The molecule has 4 rings (SSSR count). The quantitative estimate of drug-likeness (QED) is 0.867. The maximum absolute atomic E-state index is 13.1. The first-order valence-corrected chi connectivity index (χ1v) is 9.85. The smallest absolute Gasteiger partial charge is 0.273 e. The van der Waals surface area contributed by atoms with Crippen molar-refractivity contribution in [1.29, 1.82) is 0 Å². The molecule has 0 radical (unpaired) electrons. The molecule has 6 nitrogen and oxygen atoms in total. The SMILES string of the molecule is CCC[C@@H]1N(C(=O)c2csc(NC)n2)CC[C@]12C(=O)Nc1ccccc12. The predicted octanol–water partition coefficient (Wildman–Crippen LogP) is 3.09. The first kappa shape index (κ1) is 17.0. The normalized spacial score (nSPS) is 24.0. The van der Waals surface area contributed by atoms with Crippen LogP contribution in [-0.2, 0) is 10.2 Å². The molecule has 2 aliphatic heterocycles. The molecule has 2 N–H and O–H groups in total. The molecule has 0 unspecified atom stereocenters. The lowest BCUT2D eigenvalue weighted by Gasteiger charge is -2.33. The first-order valence-electron chi connectivity index (χ1n) is 8.97. The van der Waals surface area contributed by atoms with Crippen LogP contribution >= 0.6 is 11.3 Å². The standard InChI is InChI=1S/C19H22N4O2S/c1-3-6-15-19(12-7-4-5-8-13(12)21-17(19)25)9-10-23(15)16(24)14-11-26-18(20-2)22-14/h4-5,7-8,11,15H,3,6,9-10H2,1-2H3,(H,20,22)(H,21,25)/t15-,19+/m0/s1. The molecule has 0 saturated carbocycles. The highest BCUT2D eigenvalue weighted by atomic mass is 32.1. The van der Waals surface area contributed by atoms with E-state index in [1.807, 2.05) is 29.2 Å². The molecule has 0 aliphatic carbocycles. The van der Waals surface area contributed by atoms with Gasteiger partial charge in [-0.1, -0.05) is 31.5 Å². The molecule has 3 heterocycles. The maximum Gasteiger partial charge on any atom is 0.273 e. The van der Waals surface area contributed by atoms with Gasteiger partial charge in [0.05, 0.1) is 11.5 Å². The number of likely N-dealkylation sites (tertiary alicyclic amines) is 1. The number of carbonyl (C=O) groups is 2. The van der Waals surface area contributed by atoms with Crippen LogP contribution in [0.25, 0.3) is 0 Å². The molecule has 2 aliphatic rings. The van der Waals surface area contributed by atoms with Crippen molar-refractivity contribution in [3.63, 3.8) is 0 Å². The van der Waals surface area contributed by atoms with Gasteiger partial charge in [0.15, 0.2) is 5.13 Å². The van der Waals surface area contributed by atoms with Gasteiger partial charge in [0, 0.05) is 24.7 Å². The van der Waals surface area contributed by atoms with E-state index in [1.54, 1.807) is 12.4 Å². The van der Waals surface area contributed by atoms with Gasteiger partial charge in [0.2, 0.25) is 5.91 Å². The Morgan fingerprint density at radius 3 is 3.00 bits per heavy atom. The Morgan fingerprint density at radius 1 is 1.46 bits per heavy atom. The van der Waals surface area contributed by atoms with Gasteiger partial charge >= 0.3 is 0 Å². The number of fused-ring (bicyclic) bond motifs is 2. The number of hydrogen-bond donors (Lipinski definition) is 2. The molecular formula is C19H22N4O2S.